The van der Waals surface area contributed by atoms with Crippen LogP contribution in [0.25, 0.3) is 0 Å². The average Bonchev–Trinajstić information content (AvgIpc) is 2.75. The molecular formula is C11H16O2S. The fraction of sp³-hybridized carbons (Fsp3) is 0.909. The molecule has 0 radical (unpaired) electrons. The van der Waals surface area contributed by atoms with Crippen LogP contribution in [-0.4, -0.2) is 17.8 Å². The van der Waals surface area contributed by atoms with E-state index in [1.807, 2.05) is 0 Å². The van der Waals surface area contributed by atoms with E-state index in [1.54, 1.807) is 0 Å². The largest absolute Gasteiger partial charge is 0.465 e. The quantitative estimate of drug-likeness (QED) is 0.490. The molecule has 5 atom stereocenters. The second kappa shape index (κ2) is 2.69. The Hall–Kier alpha value is -0.180. The molecule has 2 saturated carbocycles. The van der Waals surface area contributed by atoms with Gasteiger partial charge in [-0.3, -0.25) is 4.79 Å². The number of rotatable bonds is 0. The molecular weight excluding hydrogens is 196 g/mol. The maximum atomic E-state index is 11.2. The monoisotopic (exact) mass is 212 g/mol. The van der Waals surface area contributed by atoms with Crippen molar-refractivity contribution in [1.82, 2.24) is 0 Å². The van der Waals surface area contributed by atoms with E-state index in [4.69, 9.17) is 17.4 Å². The van der Waals surface area contributed by atoms with Crippen LogP contribution < -0.4 is 0 Å². The number of fused-ring (bicyclic) bond motifs is 3. The SMILES string of the molecule is CC1C2CC(C1S)C1(COC(=O)C1)C2. The Labute approximate surface area is 89.8 Å². The van der Waals surface area contributed by atoms with Crippen molar-refractivity contribution in [2.75, 3.05) is 6.61 Å². The van der Waals surface area contributed by atoms with E-state index in [9.17, 15) is 4.79 Å². The van der Waals surface area contributed by atoms with Crippen molar-refractivity contribution in [1.29, 1.82) is 0 Å². The maximum absolute atomic E-state index is 11.2. The lowest BCUT2D eigenvalue weighted by atomic mass is 9.70. The number of hydrogen-bond acceptors (Lipinski definition) is 3. The molecule has 3 aliphatic rings. The predicted molar refractivity (Wildman–Crippen MR) is 56.2 cm³/mol. The maximum Gasteiger partial charge on any atom is 0.306 e. The first-order chi connectivity index (χ1) is 6.62. The van der Waals surface area contributed by atoms with Crippen LogP contribution in [0.4, 0.5) is 0 Å². The van der Waals surface area contributed by atoms with Crippen LogP contribution in [0.3, 0.4) is 0 Å². The van der Waals surface area contributed by atoms with E-state index in [2.05, 4.69) is 6.92 Å². The minimum atomic E-state index is 0.00531. The lowest BCUT2D eigenvalue weighted by molar-refractivity contribution is -0.137. The second-order valence-electron chi connectivity index (χ2n) is 5.36. The van der Waals surface area contributed by atoms with Gasteiger partial charge >= 0.3 is 5.97 Å². The number of carbonyl (C=O) groups excluding carboxylic acids is 1. The minimum absolute atomic E-state index is 0.00531. The fourth-order valence-electron chi connectivity index (χ4n) is 3.86. The lowest BCUT2D eigenvalue weighted by Gasteiger charge is -2.37. The smallest absolute Gasteiger partial charge is 0.306 e. The van der Waals surface area contributed by atoms with Crippen molar-refractivity contribution >= 4 is 18.6 Å². The Balaban J connectivity index is 1.89. The van der Waals surface area contributed by atoms with Gasteiger partial charge in [0.1, 0.15) is 0 Å². The van der Waals surface area contributed by atoms with Crippen molar-refractivity contribution in [3.8, 4) is 0 Å². The Morgan fingerprint density at radius 1 is 1.57 bits per heavy atom. The molecule has 78 valence electrons. The summed E-state index contributed by atoms with van der Waals surface area (Å²) < 4.78 is 5.15. The van der Waals surface area contributed by atoms with Gasteiger partial charge in [-0.2, -0.15) is 12.6 Å². The van der Waals surface area contributed by atoms with E-state index >= 15 is 0 Å². The van der Waals surface area contributed by atoms with E-state index in [0.29, 0.717) is 24.2 Å². The van der Waals surface area contributed by atoms with Gasteiger partial charge in [0.2, 0.25) is 0 Å². The van der Waals surface area contributed by atoms with Gasteiger partial charge < -0.3 is 4.74 Å². The standard InChI is InChI=1S/C11H16O2S/c1-6-7-2-8(10(6)14)11(3-7)4-9(12)13-5-11/h6-8,10,14H,2-5H2,1H3. The zero-order chi connectivity index (χ0) is 9.92. The van der Waals surface area contributed by atoms with Gasteiger partial charge in [-0.15, -0.1) is 0 Å². The predicted octanol–water partition coefficient (Wildman–Crippen LogP) is 1.89. The summed E-state index contributed by atoms with van der Waals surface area (Å²) in [4.78, 5) is 11.2. The molecule has 0 aromatic carbocycles. The number of cyclic esters (lactones) is 1. The Kier molecular flexibility index (Phi) is 1.74. The zero-order valence-electron chi connectivity index (χ0n) is 8.40. The van der Waals surface area contributed by atoms with Gasteiger partial charge in [0, 0.05) is 10.7 Å². The van der Waals surface area contributed by atoms with Crippen molar-refractivity contribution in [2.24, 2.45) is 23.2 Å². The van der Waals surface area contributed by atoms with Gasteiger partial charge in [0.25, 0.3) is 0 Å². The van der Waals surface area contributed by atoms with Gasteiger partial charge in [-0.25, -0.2) is 0 Å². The molecule has 3 heteroatoms. The Morgan fingerprint density at radius 3 is 2.86 bits per heavy atom. The molecule has 3 fully saturated rings. The highest BCUT2D eigenvalue weighted by Crippen LogP contribution is 2.62. The third-order valence-electron chi connectivity index (χ3n) is 4.72. The van der Waals surface area contributed by atoms with Crippen LogP contribution in [-0.2, 0) is 9.53 Å². The van der Waals surface area contributed by atoms with Crippen LogP contribution in [0, 0.1) is 23.2 Å². The van der Waals surface area contributed by atoms with Gasteiger partial charge in [-0.05, 0) is 30.6 Å². The van der Waals surface area contributed by atoms with Crippen molar-refractivity contribution in [3.63, 3.8) is 0 Å². The molecule has 0 aromatic heterocycles. The van der Waals surface area contributed by atoms with Crippen LogP contribution in [0.1, 0.15) is 26.2 Å². The van der Waals surface area contributed by atoms with Crippen molar-refractivity contribution in [2.45, 2.75) is 31.4 Å². The topological polar surface area (TPSA) is 26.3 Å². The Morgan fingerprint density at radius 2 is 2.36 bits per heavy atom. The van der Waals surface area contributed by atoms with Gasteiger partial charge in [-0.1, -0.05) is 6.92 Å². The molecule has 1 saturated heterocycles. The average molecular weight is 212 g/mol. The number of esters is 1. The summed E-state index contributed by atoms with van der Waals surface area (Å²) in [7, 11) is 0. The normalized spacial score (nSPS) is 55.7. The molecule has 2 bridgehead atoms. The fourth-order valence-corrected chi connectivity index (χ4v) is 4.54. The van der Waals surface area contributed by atoms with E-state index in [1.165, 1.54) is 12.8 Å². The van der Waals surface area contributed by atoms with E-state index in [-0.39, 0.29) is 11.4 Å². The molecule has 1 aliphatic heterocycles. The Bertz CT molecular complexity index is 289. The molecule has 1 spiro atoms. The number of thiol groups is 1. The molecule has 3 rings (SSSR count). The van der Waals surface area contributed by atoms with Crippen LogP contribution in [0.5, 0.6) is 0 Å². The highest BCUT2D eigenvalue weighted by Gasteiger charge is 2.60. The molecule has 0 N–H and O–H groups in total. The summed E-state index contributed by atoms with van der Waals surface area (Å²) in [5.41, 5.74) is 0.181. The third kappa shape index (κ3) is 0.967. The zero-order valence-corrected chi connectivity index (χ0v) is 9.30. The minimum Gasteiger partial charge on any atom is -0.465 e. The summed E-state index contributed by atoms with van der Waals surface area (Å²) in [6.45, 7) is 2.96. The highest BCUT2D eigenvalue weighted by molar-refractivity contribution is 7.81. The van der Waals surface area contributed by atoms with Crippen molar-refractivity contribution < 1.29 is 9.53 Å². The van der Waals surface area contributed by atoms with E-state index < -0.39 is 0 Å². The molecule has 0 aromatic rings. The van der Waals surface area contributed by atoms with Gasteiger partial charge in [0.15, 0.2) is 0 Å². The number of hydrogen-bond donors (Lipinski definition) is 1. The first-order valence-corrected chi connectivity index (χ1v) is 5.98. The molecule has 1 heterocycles. The molecule has 2 nitrogen and oxygen atoms in total. The van der Waals surface area contributed by atoms with Gasteiger partial charge in [0.05, 0.1) is 13.0 Å². The first-order valence-electron chi connectivity index (χ1n) is 5.46. The molecule has 14 heavy (non-hydrogen) atoms. The third-order valence-corrected chi connectivity index (χ3v) is 5.55. The summed E-state index contributed by atoms with van der Waals surface area (Å²) in [5.74, 6) is 2.14. The van der Waals surface area contributed by atoms with Crippen LogP contribution >= 0.6 is 12.6 Å². The highest BCUT2D eigenvalue weighted by atomic mass is 32.1. The number of ether oxygens (including phenoxy) is 1. The summed E-state index contributed by atoms with van der Waals surface area (Å²) in [5, 5.41) is 0.489. The molecule has 5 unspecified atom stereocenters. The van der Waals surface area contributed by atoms with Crippen LogP contribution in [0.15, 0.2) is 0 Å². The van der Waals surface area contributed by atoms with Crippen LogP contribution in [0.2, 0.25) is 0 Å². The van der Waals surface area contributed by atoms with Crippen molar-refractivity contribution in [3.05, 3.63) is 0 Å². The first kappa shape index (κ1) is 9.08. The lowest BCUT2D eigenvalue weighted by Crippen LogP contribution is -2.37. The van der Waals surface area contributed by atoms with E-state index in [0.717, 1.165) is 11.8 Å². The molecule has 2 aliphatic carbocycles. The molecule has 0 amide bonds. The summed E-state index contributed by atoms with van der Waals surface area (Å²) in [6.07, 6.45) is 3.12. The summed E-state index contributed by atoms with van der Waals surface area (Å²) >= 11 is 4.70. The number of carbonyl (C=O) groups is 1. The summed E-state index contributed by atoms with van der Waals surface area (Å²) in [6, 6.07) is 0. The second-order valence-corrected chi connectivity index (χ2v) is 5.95.